The van der Waals surface area contributed by atoms with E-state index in [1.54, 1.807) is 0 Å². The molecule has 1 aliphatic heterocycles. The number of benzene rings is 1. The molecule has 16 heavy (non-hydrogen) atoms. The third-order valence-electron chi connectivity index (χ3n) is 2.99. The van der Waals surface area contributed by atoms with Crippen LogP contribution < -0.4 is 0 Å². The fraction of sp³-hybridized carbons (Fsp3) is 0.214. The van der Waals surface area contributed by atoms with Crippen LogP contribution in [0.25, 0.3) is 0 Å². The van der Waals surface area contributed by atoms with Gasteiger partial charge in [0.15, 0.2) is 0 Å². The zero-order valence-corrected chi connectivity index (χ0v) is 8.97. The Kier molecular flexibility index (Phi) is 2.43. The number of ether oxygens (including phenoxy) is 1. The molecule has 2 aromatic rings. The fourth-order valence-electron chi connectivity index (χ4n) is 2.18. The lowest BCUT2D eigenvalue weighted by molar-refractivity contribution is 0.0695. The molecule has 0 amide bonds. The summed E-state index contributed by atoms with van der Waals surface area (Å²) in [6.45, 7) is 0.788. The summed E-state index contributed by atoms with van der Waals surface area (Å²) in [4.78, 5) is 4.19. The quantitative estimate of drug-likeness (QED) is 0.723. The monoisotopic (exact) mass is 211 g/mol. The Morgan fingerprint density at radius 3 is 2.88 bits per heavy atom. The maximum atomic E-state index is 5.85. The van der Waals surface area contributed by atoms with Crippen molar-refractivity contribution < 1.29 is 4.74 Å². The van der Waals surface area contributed by atoms with Gasteiger partial charge in [0.1, 0.15) is 6.10 Å². The molecule has 0 spiro atoms. The normalized spacial score (nSPS) is 19.1. The molecule has 1 aromatic heterocycles. The van der Waals surface area contributed by atoms with Crippen molar-refractivity contribution in [3.63, 3.8) is 0 Å². The van der Waals surface area contributed by atoms with Crippen LogP contribution in [-0.2, 0) is 11.2 Å². The average Bonchev–Trinajstić information content (AvgIpc) is 2.39. The molecule has 0 saturated heterocycles. The van der Waals surface area contributed by atoms with Crippen molar-refractivity contribution in [1.29, 1.82) is 0 Å². The Bertz CT molecular complexity index is 481. The van der Waals surface area contributed by atoms with E-state index in [0.717, 1.165) is 13.0 Å². The van der Waals surface area contributed by atoms with Gasteiger partial charge in [-0.25, -0.2) is 0 Å². The number of aromatic nitrogens is 1. The highest BCUT2D eigenvalue weighted by Gasteiger charge is 2.21. The van der Waals surface area contributed by atoms with Crippen molar-refractivity contribution >= 4 is 0 Å². The van der Waals surface area contributed by atoms with Crippen molar-refractivity contribution in [2.75, 3.05) is 6.61 Å². The first-order valence-electron chi connectivity index (χ1n) is 5.54. The molecule has 2 nitrogen and oxygen atoms in total. The lowest BCUT2D eigenvalue weighted by Gasteiger charge is -2.25. The SMILES string of the molecule is c1ccc(C2OCCc3ccncc32)cc1. The zero-order valence-electron chi connectivity index (χ0n) is 8.97. The summed E-state index contributed by atoms with van der Waals surface area (Å²) in [5, 5.41) is 0. The third-order valence-corrected chi connectivity index (χ3v) is 2.99. The van der Waals surface area contributed by atoms with E-state index >= 15 is 0 Å². The molecule has 1 aromatic carbocycles. The Balaban J connectivity index is 2.05. The van der Waals surface area contributed by atoms with Gasteiger partial charge < -0.3 is 4.74 Å². The van der Waals surface area contributed by atoms with Gasteiger partial charge in [0.25, 0.3) is 0 Å². The van der Waals surface area contributed by atoms with Crippen LogP contribution >= 0.6 is 0 Å². The third kappa shape index (κ3) is 1.61. The first-order chi connectivity index (χ1) is 7.95. The Hall–Kier alpha value is -1.67. The van der Waals surface area contributed by atoms with E-state index in [9.17, 15) is 0 Å². The summed E-state index contributed by atoms with van der Waals surface area (Å²) in [5.41, 5.74) is 3.77. The zero-order chi connectivity index (χ0) is 10.8. The molecule has 0 saturated carbocycles. The molecule has 0 aliphatic carbocycles. The van der Waals surface area contributed by atoms with E-state index in [-0.39, 0.29) is 6.10 Å². The number of hydrogen-bond donors (Lipinski definition) is 0. The fourth-order valence-corrected chi connectivity index (χ4v) is 2.18. The lowest BCUT2D eigenvalue weighted by atomic mass is 9.95. The molecule has 1 aliphatic rings. The van der Waals surface area contributed by atoms with Gasteiger partial charge in [-0.05, 0) is 23.6 Å². The van der Waals surface area contributed by atoms with Crippen molar-refractivity contribution in [1.82, 2.24) is 4.98 Å². The molecule has 1 atom stereocenters. The second-order valence-electron chi connectivity index (χ2n) is 3.99. The van der Waals surface area contributed by atoms with E-state index in [1.807, 2.05) is 30.6 Å². The van der Waals surface area contributed by atoms with Crippen molar-refractivity contribution in [2.45, 2.75) is 12.5 Å². The van der Waals surface area contributed by atoms with Crippen molar-refractivity contribution in [2.24, 2.45) is 0 Å². The standard InChI is InChI=1S/C14H13NO/c1-2-4-12(5-3-1)14-13-10-15-8-6-11(13)7-9-16-14/h1-6,8,10,14H,7,9H2. The second kappa shape index (κ2) is 4.06. The van der Waals surface area contributed by atoms with E-state index in [4.69, 9.17) is 4.74 Å². The predicted molar refractivity (Wildman–Crippen MR) is 62.2 cm³/mol. The Morgan fingerprint density at radius 1 is 1.12 bits per heavy atom. The van der Waals surface area contributed by atoms with E-state index in [1.165, 1.54) is 16.7 Å². The molecule has 80 valence electrons. The summed E-state index contributed by atoms with van der Waals surface area (Å²) in [5.74, 6) is 0. The highest BCUT2D eigenvalue weighted by molar-refractivity contribution is 5.35. The first kappa shape index (κ1) is 9.55. The van der Waals surface area contributed by atoms with Crippen LogP contribution in [0.1, 0.15) is 22.8 Å². The smallest absolute Gasteiger partial charge is 0.109 e. The van der Waals surface area contributed by atoms with Crippen LogP contribution in [-0.4, -0.2) is 11.6 Å². The number of fused-ring (bicyclic) bond motifs is 1. The summed E-state index contributed by atoms with van der Waals surface area (Å²) in [6, 6.07) is 12.4. The van der Waals surface area contributed by atoms with Gasteiger partial charge in [-0.15, -0.1) is 0 Å². The summed E-state index contributed by atoms with van der Waals surface area (Å²) >= 11 is 0. The molecular formula is C14H13NO. The molecule has 0 bridgehead atoms. The number of pyridine rings is 1. The molecule has 1 unspecified atom stereocenters. The minimum absolute atomic E-state index is 0.0543. The molecule has 2 heteroatoms. The average molecular weight is 211 g/mol. The van der Waals surface area contributed by atoms with Crippen LogP contribution in [0.5, 0.6) is 0 Å². The van der Waals surface area contributed by atoms with E-state index in [0.29, 0.717) is 0 Å². The van der Waals surface area contributed by atoms with Gasteiger partial charge in [-0.1, -0.05) is 30.3 Å². The summed E-state index contributed by atoms with van der Waals surface area (Å²) < 4.78 is 5.85. The highest BCUT2D eigenvalue weighted by atomic mass is 16.5. The van der Waals surface area contributed by atoms with Gasteiger partial charge in [0, 0.05) is 18.0 Å². The maximum absolute atomic E-state index is 5.85. The molecule has 2 heterocycles. The first-order valence-corrected chi connectivity index (χ1v) is 5.54. The minimum atomic E-state index is 0.0543. The number of rotatable bonds is 1. The minimum Gasteiger partial charge on any atom is -0.368 e. The Labute approximate surface area is 94.9 Å². The summed E-state index contributed by atoms with van der Waals surface area (Å²) in [6.07, 6.45) is 4.82. The molecule has 0 fully saturated rings. The highest BCUT2D eigenvalue weighted by Crippen LogP contribution is 2.31. The van der Waals surface area contributed by atoms with Crippen LogP contribution in [0.4, 0.5) is 0 Å². The molecular weight excluding hydrogens is 198 g/mol. The molecule has 0 radical (unpaired) electrons. The van der Waals surface area contributed by atoms with Crippen LogP contribution in [0.3, 0.4) is 0 Å². The number of nitrogens with zero attached hydrogens (tertiary/aromatic N) is 1. The van der Waals surface area contributed by atoms with Gasteiger partial charge in [0.05, 0.1) is 6.61 Å². The second-order valence-corrected chi connectivity index (χ2v) is 3.99. The van der Waals surface area contributed by atoms with Gasteiger partial charge >= 0.3 is 0 Å². The summed E-state index contributed by atoms with van der Waals surface area (Å²) in [7, 11) is 0. The lowest BCUT2D eigenvalue weighted by Crippen LogP contribution is -2.17. The molecule has 3 rings (SSSR count). The maximum Gasteiger partial charge on any atom is 0.109 e. The van der Waals surface area contributed by atoms with Crippen LogP contribution in [0.15, 0.2) is 48.8 Å². The van der Waals surface area contributed by atoms with E-state index < -0.39 is 0 Å². The Morgan fingerprint density at radius 2 is 2.00 bits per heavy atom. The van der Waals surface area contributed by atoms with Gasteiger partial charge in [-0.2, -0.15) is 0 Å². The molecule has 0 N–H and O–H groups in total. The number of hydrogen-bond acceptors (Lipinski definition) is 2. The van der Waals surface area contributed by atoms with Crippen LogP contribution in [0, 0.1) is 0 Å². The van der Waals surface area contributed by atoms with Crippen molar-refractivity contribution in [3.05, 3.63) is 65.5 Å². The largest absolute Gasteiger partial charge is 0.368 e. The van der Waals surface area contributed by atoms with Gasteiger partial charge in [0.2, 0.25) is 0 Å². The van der Waals surface area contributed by atoms with Crippen LogP contribution in [0.2, 0.25) is 0 Å². The van der Waals surface area contributed by atoms with E-state index in [2.05, 4.69) is 23.2 Å². The van der Waals surface area contributed by atoms with Gasteiger partial charge in [-0.3, -0.25) is 4.98 Å². The predicted octanol–water partition coefficient (Wildman–Crippen LogP) is 2.74. The van der Waals surface area contributed by atoms with Crippen molar-refractivity contribution in [3.8, 4) is 0 Å². The topological polar surface area (TPSA) is 22.1 Å².